The Morgan fingerprint density at radius 2 is 0.957 bits per heavy atom. The van der Waals surface area contributed by atoms with Gasteiger partial charge in [0.1, 0.15) is 0 Å². The van der Waals surface area contributed by atoms with Crippen LogP contribution < -0.4 is 0 Å². The minimum Gasteiger partial charge on any atom is -0.0654 e. The van der Waals surface area contributed by atoms with Gasteiger partial charge in [-0.2, -0.15) is 0 Å². The lowest BCUT2D eigenvalue weighted by molar-refractivity contribution is 0.140. The molecule has 0 aromatic rings. The summed E-state index contributed by atoms with van der Waals surface area (Å²) < 4.78 is 0. The predicted molar refractivity (Wildman–Crippen MR) is 104 cm³/mol. The van der Waals surface area contributed by atoms with E-state index in [1.54, 1.807) is 57.8 Å². The van der Waals surface area contributed by atoms with E-state index in [1.807, 2.05) is 0 Å². The van der Waals surface area contributed by atoms with Crippen LogP contribution in [0.5, 0.6) is 0 Å². The minimum absolute atomic E-state index is 1.08. The molecule has 0 heteroatoms. The second kappa shape index (κ2) is 11.5. The van der Waals surface area contributed by atoms with Gasteiger partial charge in [-0.3, -0.25) is 0 Å². The quantitative estimate of drug-likeness (QED) is 0.356. The first-order chi connectivity index (χ1) is 11.3. The van der Waals surface area contributed by atoms with Crippen molar-refractivity contribution in [2.45, 2.75) is 123 Å². The van der Waals surface area contributed by atoms with Crippen LogP contribution >= 0.6 is 0 Å². The van der Waals surface area contributed by atoms with Gasteiger partial charge in [0, 0.05) is 0 Å². The van der Waals surface area contributed by atoms with Crippen LogP contribution in [0.2, 0.25) is 0 Å². The Balaban J connectivity index is 1.52. The molecule has 0 unspecified atom stereocenters. The van der Waals surface area contributed by atoms with Crippen molar-refractivity contribution >= 4 is 0 Å². The lowest BCUT2D eigenvalue weighted by atomic mass is 9.68. The van der Waals surface area contributed by atoms with E-state index in [9.17, 15) is 0 Å². The van der Waals surface area contributed by atoms with Gasteiger partial charge in [0.25, 0.3) is 0 Å². The summed E-state index contributed by atoms with van der Waals surface area (Å²) >= 11 is 0. The molecular formula is C23H44. The Hall–Kier alpha value is 0. The molecule has 2 saturated carbocycles. The van der Waals surface area contributed by atoms with Crippen LogP contribution in [0, 0.1) is 23.7 Å². The molecule has 2 rings (SSSR count). The van der Waals surface area contributed by atoms with Crippen molar-refractivity contribution in [1.82, 2.24) is 0 Å². The van der Waals surface area contributed by atoms with Gasteiger partial charge in [-0.1, -0.05) is 97.3 Å². The first-order valence-electron chi connectivity index (χ1n) is 11.3. The molecule has 0 aromatic heterocycles. The van der Waals surface area contributed by atoms with Gasteiger partial charge >= 0.3 is 0 Å². The number of unbranched alkanes of at least 4 members (excludes halogenated alkanes) is 5. The SMILES string of the molecule is CCCCCCCC[C@H]1CC[C@H]([C@H]2CC[C@H](CCC)CC2)CC1. The normalized spacial score (nSPS) is 32.1. The maximum Gasteiger partial charge on any atom is -0.0386 e. The fourth-order valence-electron chi connectivity index (χ4n) is 5.52. The third kappa shape index (κ3) is 7.18. The van der Waals surface area contributed by atoms with E-state index in [-0.39, 0.29) is 0 Å². The summed E-state index contributed by atoms with van der Waals surface area (Å²) in [6, 6.07) is 0. The monoisotopic (exact) mass is 320 g/mol. The number of rotatable bonds is 10. The van der Waals surface area contributed by atoms with Crippen molar-refractivity contribution in [3.05, 3.63) is 0 Å². The van der Waals surface area contributed by atoms with E-state index >= 15 is 0 Å². The van der Waals surface area contributed by atoms with E-state index in [4.69, 9.17) is 0 Å². The molecule has 0 N–H and O–H groups in total. The fraction of sp³-hybridized carbons (Fsp3) is 1.00. The lowest BCUT2D eigenvalue weighted by Gasteiger charge is -2.38. The van der Waals surface area contributed by atoms with Gasteiger partial charge in [-0.25, -0.2) is 0 Å². The Labute approximate surface area is 147 Å². The molecular weight excluding hydrogens is 276 g/mol. The van der Waals surface area contributed by atoms with Crippen LogP contribution in [0.15, 0.2) is 0 Å². The molecule has 0 heterocycles. The summed E-state index contributed by atoms with van der Waals surface area (Å²) in [5.74, 6) is 4.39. The van der Waals surface area contributed by atoms with Gasteiger partial charge in [0.05, 0.1) is 0 Å². The summed E-state index contributed by atoms with van der Waals surface area (Å²) in [6.45, 7) is 4.67. The Morgan fingerprint density at radius 3 is 1.48 bits per heavy atom. The second-order valence-electron chi connectivity index (χ2n) is 8.91. The fourth-order valence-corrected chi connectivity index (χ4v) is 5.52. The third-order valence-corrected chi connectivity index (χ3v) is 7.11. The van der Waals surface area contributed by atoms with E-state index in [0.29, 0.717) is 0 Å². The van der Waals surface area contributed by atoms with Crippen molar-refractivity contribution in [2.24, 2.45) is 23.7 Å². The van der Waals surface area contributed by atoms with Gasteiger partial charge in [-0.05, 0) is 49.4 Å². The molecule has 2 fully saturated rings. The van der Waals surface area contributed by atoms with Crippen molar-refractivity contribution in [3.8, 4) is 0 Å². The maximum absolute atomic E-state index is 2.36. The standard InChI is InChI=1S/C23H44/c1-3-5-6-7-8-9-11-21-14-18-23(19-15-21)22-16-12-20(10-4-2)13-17-22/h20-23H,3-19H2,1-2H3/t20-,21-,22-,23-. The molecule has 0 aromatic carbocycles. The van der Waals surface area contributed by atoms with Crippen LogP contribution in [-0.2, 0) is 0 Å². The summed E-state index contributed by atoms with van der Waals surface area (Å²) in [6.07, 6.45) is 25.8. The van der Waals surface area contributed by atoms with Crippen LogP contribution in [0.4, 0.5) is 0 Å². The third-order valence-electron chi connectivity index (χ3n) is 7.11. The highest BCUT2D eigenvalue weighted by Crippen LogP contribution is 2.43. The van der Waals surface area contributed by atoms with Crippen LogP contribution in [-0.4, -0.2) is 0 Å². The number of hydrogen-bond donors (Lipinski definition) is 0. The summed E-state index contributed by atoms with van der Waals surface area (Å²) in [5, 5.41) is 0. The molecule has 2 aliphatic carbocycles. The molecule has 0 saturated heterocycles. The Kier molecular flexibility index (Phi) is 9.69. The van der Waals surface area contributed by atoms with Gasteiger partial charge in [0.2, 0.25) is 0 Å². The summed E-state index contributed by atoms with van der Waals surface area (Å²) in [5.41, 5.74) is 0. The van der Waals surface area contributed by atoms with Crippen molar-refractivity contribution in [1.29, 1.82) is 0 Å². The molecule has 0 nitrogen and oxygen atoms in total. The highest BCUT2D eigenvalue weighted by molar-refractivity contribution is 4.82. The zero-order valence-electron chi connectivity index (χ0n) is 16.3. The van der Waals surface area contributed by atoms with E-state index < -0.39 is 0 Å². The summed E-state index contributed by atoms with van der Waals surface area (Å²) in [4.78, 5) is 0. The molecule has 0 aliphatic heterocycles. The topological polar surface area (TPSA) is 0 Å². The molecule has 0 atom stereocenters. The average Bonchev–Trinajstić information content (AvgIpc) is 2.60. The molecule has 23 heavy (non-hydrogen) atoms. The predicted octanol–water partition coefficient (Wildman–Crippen LogP) is 8.15. The van der Waals surface area contributed by atoms with E-state index in [0.717, 1.165) is 23.7 Å². The average molecular weight is 321 g/mol. The van der Waals surface area contributed by atoms with Gasteiger partial charge in [-0.15, -0.1) is 0 Å². The van der Waals surface area contributed by atoms with Crippen LogP contribution in [0.25, 0.3) is 0 Å². The highest BCUT2D eigenvalue weighted by atomic mass is 14.4. The molecule has 0 spiro atoms. The number of hydrogen-bond acceptors (Lipinski definition) is 0. The minimum atomic E-state index is 1.08. The first-order valence-corrected chi connectivity index (χ1v) is 11.3. The molecule has 0 bridgehead atoms. The smallest absolute Gasteiger partial charge is 0.0386 e. The maximum atomic E-state index is 2.36. The Morgan fingerprint density at radius 1 is 0.478 bits per heavy atom. The van der Waals surface area contributed by atoms with Crippen molar-refractivity contribution < 1.29 is 0 Å². The van der Waals surface area contributed by atoms with Gasteiger partial charge in [0.15, 0.2) is 0 Å². The Bertz CT molecular complexity index is 266. The van der Waals surface area contributed by atoms with Crippen molar-refractivity contribution in [2.75, 3.05) is 0 Å². The summed E-state index contributed by atoms with van der Waals surface area (Å²) in [7, 11) is 0. The molecule has 0 radical (unpaired) electrons. The first kappa shape index (κ1) is 19.3. The largest absolute Gasteiger partial charge is 0.0654 e. The molecule has 136 valence electrons. The van der Waals surface area contributed by atoms with Crippen molar-refractivity contribution in [3.63, 3.8) is 0 Å². The van der Waals surface area contributed by atoms with E-state index in [1.165, 1.54) is 51.4 Å². The van der Waals surface area contributed by atoms with Gasteiger partial charge < -0.3 is 0 Å². The zero-order chi connectivity index (χ0) is 16.3. The lowest BCUT2D eigenvalue weighted by Crippen LogP contribution is -2.25. The van der Waals surface area contributed by atoms with Crippen LogP contribution in [0.3, 0.4) is 0 Å². The second-order valence-corrected chi connectivity index (χ2v) is 8.91. The van der Waals surface area contributed by atoms with Crippen LogP contribution in [0.1, 0.15) is 123 Å². The highest BCUT2D eigenvalue weighted by Gasteiger charge is 2.30. The molecule has 2 aliphatic rings. The molecule has 0 amide bonds. The zero-order valence-corrected chi connectivity index (χ0v) is 16.3. The van der Waals surface area contributed by atoms with E-state index in [2.05, 4.69) is 13.8 Å².